The Labute approximate surface area is 115 Å². The normalized spacial score (nSPS) is 10.5. The topological polar surface area (TPSA) is 49.8 Å². The van der Waals surface area contributed by atoms with Gasteiger partial charge < -0.3 is 9.84 Å². The summed E-state index contributed by atoms with van der Waals surface area (Å²) in [6.45, 7) is 1.39. The number of rotatable bonds is 7. The van der Waals surface area contributed by atoms with Crippen LogP contribution in [-0.4, -0.2) is 42.7 Å². The highest BCUT2D eigenvalue weighted by Crippen LogP contribution is 2.14. The number of nitrogens with zero attached hydrogens (tertiary/aromatic N) is 1. The lowest BCUT2D eigenvalue weighted by atomic mass is 10.3. The fourth-order valence-electron chi connectivity index (χ4n) is 1.39. The van der Waals surface area contributed by atoms with Crippen LogP contribution < -0.4 is 4.74 Å². The second-order valence-electron chi connectivity index (χ2n) is 3.79. The quantitative estimate of drug-likeness (QED) is 0.605. The van der Waals surface area contributed by atoms with Crippen LogP contribution in [0.5, 0.6) is 5.75 Å². The number of benzene rings is 1. The van der Waals surface area contributed by atoms with E-state index in [4.69, 9.17) is 9.84 Å². The maximum atomic E-state index is 10.4. The Morgan fingerprint density at radius 2 is 2.29 bits per heavy atom. The zero-order valence-corrected chi connectivity index (χ0v) is 11.9. The summed E-state index contributed by atoms with van der Waals surface area (Å²) in [5.41, 5.74) is 0. The third kappa shape index (κ3) is 6.48. The summed E-state index contributed by atoms with van der Waals surface area (Å²) < 4.78 is 6.71. The van der Waals surface area contributed by atoms with Crippen LogP contribution in [0.3, 0.4) is 0 Å². The average molecular weight is 349 g/mol. The Kier molecular flexibility index (Phi) is 6.28. The minimum atomic E-state index is -0.800. The van der Waals surface area contributed by atoms with E-state index in [1.165, 1.54) is 0 Å². The summed E-state index contributed by atoms with van der Waals surface area (Å²) in [6, 6.07) is 7.85. The van der Waals surface area contributed by atoms with E-state index in [1.54, 1.807) is 11.9 Å². The second-order valence-corrected chi connectivity index (χ2v) is 5.04. The summed E-state index contributed by atoms with van der Waals surface area (Å²) in [4.78, 5) is 12.2. The van der Waals surface area contributed by atoms with Crippen LogP contribution in [0.1, 0.15) is 6.42 Å². The van der Waals surface area contributed by atoms with Crippen LogP contribution in [0, 0.1) is 3.57 Å². The maximum Gasteiger partial charge on any atom is 0.317 e. The molecule has 0 saturated heterocycles. The van der Waals surface area contributed by atoms with Gasteiger partial charge in [0.2, 0.25) is 0 Å². The maximum absolute atomic E-state index is 10.4. The number of carboxylic acid groups (broad SMARTS) is 1. The number of halogens is 1. The lowest BCUT2D eigenvalue weighted by molar-refractivity contribution is -0.138. The molecule has 0 atom stereocenters. The van der Waals surface area contributed by atoms with Gasteiger partial charge in [-0.05, 0) is 54.3 Å². The minimum absolute atomic E-state index is 0.0727. The molecule has 0 fully saturated rings. The van der Waals surface area contributed by atoms with Gasteiger partial charge in [0.15, 0.2) is 0 Å². The Morgan fingerprint density at radius 3 is 2.94 bits per heavy atom. The summed E-state index contributed by atoms with van der Waals surface area (Å²) in [5, 5.41) is 8.58. The summed E-state index contributed by atoms with van der Waals surface area (Å²) in [6.07, 6.45) is 0.815. The SMILES string of the molecule is CN(CCCOc1cccc(I)c1)CC(=O)O. The first-order valence-corrected chi connectivity index (χ1v) is 6.44. The van der Waals surface area contributed by atoms with Crippen molar-refractivity contribution in [2.24, 2.45) is 0 Å². The highest BCUT2D eigenvalue weighted by molar-refractivity contribution is 14.1. The van der Waals surface area contributed by atoms with E-state index in [2.05, 4.69) is 22.6 Å². The molecule has 0 aliphatic heterocycles. The Morgan fingerprint density at radius 1 is 1.53 bits per heavy atom. The lowest BCUT2D eigenvalue weighted by Crippen LogP contribution is -2.27. The molecule has 0 radical (unpaired) electrons. The largest absolute Gasteiger partial charge is 0.494 e. The highest BCUT2D eigenvalue weighted by atomic mass is 127. The van der Waals surface area contributed by atoms with Crippen LogP contribution >= 0.6 is 22.6 Å². The molecular weight excluding hydrogens is 333 g/mol. The molecule has 0 spiro atoms. The molecular formula is C12H16INO3. The zero-order valence-electron chi connectivity index (χ0n) is 9.73. The Bertz CT molecular complexity index is 371. The van der Waals surface area contributed by atoms with Gasteiger partial charge in [-0.25, -0.2) is 0 Å². The third-order valence-electron chi connectivity index (χ3n) is 2.15. The molecule has 1 aromatic rings. The molecule has 17 heavy (non-hydrogen) atoms. The molecule has 0 unspecified atom stereocenters. The van der Waals surface area contributed by atoms with Crippen LogP contribution in [0.2, 0.25) is 0 Å². The first-order valence-electron chi connectivity index (χ1n) is 5.36. The summed E-state index contributed by atoms with van der Waals surface area (Å²) in [5.74, 6) is 0.0591. The standard InChI is InChI=1S/C12H16INO3/c1-14(9-12(15)16)6-3-7-17-11-5-2-4-10(13)8-11/h2,4-5,8H,3,6-7,9H2,1H3,(H,15,16). The number of likely N-dealkylation sites (N-methyl/N-ethyl adjacent to an activating group) is 1. The second kappa shape index (κ2) is 7.50. The van der Waals surface area contributed by atoms with Gasteiger partial charge in [-0.2, -0.15) is 0 Å². The van der Waals surface area contributed by atoms with Gasteiger partial charge in [-0.3, -0.25) is 9.69 Å². The predicted octanol–water partition coefficient (Wildman–Crippen LogP) is 2.08. The smallest absolute Gasteiger partial charge is 0.317 e. The van der Waals surface area contributed by atoms with Gasteiger partial charge in [0.05, 0.1) is 13.2 Å². The minimum Gasteiger partial charge on any atom is -0.494 e. The molecule has 0 aromatic heterocycles. The fraction of sp³-hybridized carbons (Fsp3) is 0.417. The van der Waals surface area contributed by atoms with Crippen LogP contribution in [0.25, 0.3) is 0 Å². The number of hydrogen-bond acceptors (Lipinski definition) is 3. The van der Waals surface area contributed by atoms with E-state index >= 15 is 0 Å². The number of carbonyl (C=O) groups is 1. The molecule has 94 valence electrons. The van der Waals surface area contributed by atoms with Crippen molar-refractivity contribution in [1.29, 1.82) is 0 Å². The molecule has 0 bridgehead atoms. The fourth-order valence-corrected chi connectivity index (χ4v) is 1.91. The molecule has 1 aromatic carbocycles. The lowest BCUT2D eigenvalue weighted by Gasteiger charge is -2.13. The van der Waals surface area contributed by atoms with E-state index in [9.17, 15) is 4.79 Å². The van der Waals surface area contributed by atoms with Gasteiger partial charge in [0, 0.05) is 10.1 Å². The van der Waals surface area contributed by atoms with E-state index in [-0.39, 0.29) is 6.54 Å². The van der Waals surface area contributed by atoms with Gasteiger partial charge in [0.25, 0.3) is 0 Å². The monoisotopic (exact) mass is 349 g/mol. The first-order chi connectivity index (χ1) is 8.08. The van der Waals surface area contributed by atoms with E-state index < -0.39 is 5.97 Å². The van der Waals surface area contributed by atoms with Crippen molar-refractivity contribution in [2.45, 2.75) is 6.42 Å². The number of carboxylic acids is 1. The van der Waals surface area contributed by atoms with Crippen molar-refractivity contribution < 1.29 is 14.6 Å². The summed E-state index contributed by atoms with van der Waals surface area (Å²) in [7, 11) is 1.79. The molecule has 0 aliphatic carbocycles. The van der Waals surface area contributed by atoms with Crippen molar-refractivity contribution in [3.63, 3.8) is 0 Å². The number of hydrogen-bond donors (Lipinski definition) is 1. The van der Waals surface area contributed by atoms with Gasteiger partial charge in [-0.1, -0.05) is 6.07 Å². The molecule has 1 N–H and O–H groups in total. The Balaban J connectivity index is 2.18. The average Bonchev–Trinajstić information content (AvgIpc) is 2.23. The zero-order chi connectivity index (χ0) is 12.7. The van der Waals surface area contributed by atoms with Crippen LogP contribution in [0.4, 0.5) is 0 Å². The molecule has 5 heteroatoms. The highest BCUT2D eigenvalue weighted by Gasteiger charge is 2.03. The number of aliphatic carboxylic acids is 1. The molecule has 0 aliphatic rings. The number of ether oxygens (including phenoxy) is 1. The van der Waals surface area contributed by atoms with Crippen LogP contribution in [0.15, 0.2) is 24.3 Å². The van der Waals surface area contributed by atoms with Gasteiger partial charge >= 0.3 is 5.97 Å². The molecule has 1 rings (SSSR count). The van der Waals surface area contributed by atoms with E-state index in [1.807, 2.05) is 24.3 Å². The summed E-state index contributed by atoms with van der Waals surface area (Å²) >= 11 is 2.24. The van der Waals surface area contributed by atoms with Crippen molar-refractivity contribution in [3.8, 4) is 5.75 Å². The molecule has 0 saturated carbocycles. The van der Waals surface area contributed by atoms with Gasteiger partial charge in [-0.15, -0.1) is 0 Å². The first kappa shape index (κ1) is 14.2. The molecule has 4 nitrogen and oxygen atoms in total. The van der Waals surface area contributed by atoms with E-state index in [0.29, 0.717) is 6.61 Å². The molecule has 0 amide bonds. The van der Waals surface area contributed by atoms with E-state index in [0.717, 1.165) is 22.3 Å². The molecule has 0 heterocycles. The predicted molar refractivity (Wildman–Crippen MR) is 74.4 cm³/mol. The van der Waals surface area contributed by atoms with Crippen molar-refractivity contribution in [1.82, 2.24) is 4.90 Å². The van der Waals surface area contributed by atoms with Gasteiger partial charge in [0.1, 0.15) is 5.75 Å². The Hall–Kier alpha value is -0.820. The van der Waals surface area contributed by atoms with Crippen molar-refractivity contribution in [3.05, 3.63) is 27.8 Å². The van der Waals surface area contributed by atoms with Crippen molar-refractivity contribution in [2.75, 3.05) is 26.7 Å². The van der Waals surface area contributed by atoms with Crippen molar-refractivity contribution >= 4 is 28.6 Å². The third-order valence-corrected chi connectivity index (χ3v) is 2.83. The van der Waals surface area contributed by atoms with Crippen LogP contribution in [-0.2, 0) is 4.79 Å².